The van der Waals surface area contributed by atoms with E-state index in [0.717, 1.165) is 17.7 Å². The van der Waals surface area contributed by atoms with Gasteiger partial charge in [0, 0.05) is 6.20 Å². The van der Waals surface area contributed by atoms with Crippen molar-refractivity contribution in [1.82, 2.24) is 15.6 Å². The van der Waals surface area contributed by atoms with E-state index in [4.69, 9.17) is 5.73 Å². The highest BCUT2D eigenvalue weighted by molar-refractivity contribution is 5.83. The van der Waals surface area contributed by atoms with E-state index >= 15 is 0 Å². The largest absolute Gasteiger partial charge is 0.352 e. The van der Waals surface area contributed by atoms with Crippen molar-refractivity contribution in [3.63, 3.8) is 0 Å². The molecule has 3 amide bonds. The van der Waals surface area contributed by atoms with Crippen molar-refractivity contribution in [2.75, 3.05) is 6.54 Å². The van der Waals surface area contributed by atoms with E-state index in [1.165, 1.54) is 0 Å². The molecule has 0 saturated carbocycles. The first-order valence-electron chi connectivity index (χ1n) is 5.78. The number of carbonyl (C=O) groups is 2. The molecule has 0 saturated heterocycles. The van der Waals surface area contributed by atoms with Crippen LogP contribution in [0.25, 0.3) is 0 Å². The second kappa shape index (κ2) is 6.58. The third kappa shape index (κ3) is 4.40. The van der Waals surface area contributed by atoms with E-state index in [2.05, 4.69) is 15.6 Å². The number of nitrogens with two attached hydrogens (primary N) is 1. The summed E-state index contributed by atoms with van der Waals surface area (Å²) in [4.78, 5) is 26.3. The first-order chi connectivity index (χ1) is 8.52. The summed E-state index contributed by atoms with van der Waals surface area (Å²) in [7, 11) is 0. The third-order valence-corrected chi connectivity index (χ3v) is 2.46. The number of carbonyl (C=O) groups excluding carboxylic acids is 2. The molecule has 1 atom stereocenters. The van der Waals surface area contributed by atoms with Gasteiger partial charge in [-0.15, -0.1) is 0 Å². The van der Waals surface area contributed by atoms with Crippen molar-refractivity contribution < 1.29 is 9.59 Å². The predicted octanol–water partition coefficient (Wildman–Crippen LogP) is 0.626. The summed E-state index contributed by atoms with van der Waals surface area (Å²) >= 11 is 0. The Bertz CT molecular complexity index is 417. The Morgan fingerprint density at radius 2 is 2.17 bits per heavy atom. The minimum Gasteiger partial charge on any atom is -0.352 e. The van der Waals surface area contributed by atoms with Crippen LogP contribution in [0, 0.1) is 6.92 Å². The molecule has 0 spiro atoms. The fraction of sp³-hybridized carbons (Fsp3) is 0.417. The molecule has 6 heteroatoms. The van der Waals surface area contributed by atoms with Gasteiger partial charge in [0.15, 0.2) is 0 Å². The Kier molecular flexibility index (Phi) is 5.10. The average Bonchev–Trinajstić information content (AvgIpc) is 2.34. The van der Waals surface area contributed by atoms with Gasteiger partial charge >= 0.3 is 6.03 Å². The molecule has 0 aliphatic carbocycles. The molecule has 4 N–H and O–H groups in total. The molecule has 0 fully saturated rings. The maximum absolute atomic E-state index is 11.5. The van der Waals surface area contributed by atoms with E-state index in [-0.39, 0.29) is 18.5 Å². The van der Waals surface area contributed by atoms with Crippen LogP contribution < -0.4 is 16.4 Å². The van der Waals surface area contributed by atoms with Crippen LogP contribution in [-0.4, -0.2) is 23.5 Å². The van der Waals surface area contributed by atoms with Crippen molar-refractivity contribution in [2.24, 2.45) is 5.73 Å². The lowest BCUT2D eigenvalue weighted by atomic mass is 10.1. The maximum atomic E-state index is 11.5. The highest BCUT2D eigenvalue weighted by atomic mass is 16.2. The van der Waals surface area contributed by atoms with Crippen LogP contribution in [0.5, 0.6) is 0 Å². The highest BCUT2D eigenvalue weighted by Gasteiger charge is 2.13. The predicted molar refractivity (Wildman–Crippen MR) is 67.7 cm³/mol. The van der Waals surface area contributed by atoms with Crippen molar-refractivity contribution in [3.8, 4) is 0 Å². The van der Waals surface area contributed by atoms with E-state index in [1.807, 2.05) is 26.0 Å². The zero-order valence-corrected chi connectivity index (χ0v) is 10.6. The number of amides is 3. The minimum absolute atomic E-state index is 0.127. The summed E-state index contributed by atoms with van der Waals surface area (Å²) in [6, 6.07) is 2.95. The van der Waals surface area contributed by atoms with Gasteiger partial charge in [0.1, 0.15) is 0 Å². The van der Waals surface area contributed by atoms with Gasteiger partial charge in [0.2, 0.25) is 5.91 Å². The number of pyridine rings is 1. The summed E-state index contributed by atoms with van der Waals surface area (Å²) in [5, 5.41) is 5.03. The Labute approximate surface area is 106 Å². The number of nitrogens with zero attached hydrogens (tertiary/aromatic N) is 1. The van der Waals surface area contributed by atoms with Crippen LogP contribution in [0.15, 0.2) is 18.3 Å². The standard InChI is InChI=1S/C12H18N4O2/c1-3-9(10-5-4-8(2)6-14-10)16-11(17)7-15-12(13)18/h4-6,9H,3,7H2,1-2H3,(H,16,17)(H3,13,15,18). The molecule has 1 rings (SSSR count). The van der Waals surface area contributed by atoms with E-state index in [9.17, 15) is 9.59 Å². The molecule has 0 aliphatic heterocycles. The van der Waals surface area contributed by atoms with Crippen molar-refractivity contribution >= 4 is 11.9 Å². The molecule has 1 unspecified atom stereocenters. The second-order valence-electron chi connectivity index (χ2n) is 4.01. The van der Waals surface area contributed by atoms with Gasteiger partial charge in [0.25, 0.3) is 0 Å². The fourth-order valence-electron chi connectivity index (χ4n) is 1.48. The van der Waals surface area contributed by atoms with Gasteiger partial charge in [-0.05, 0) is 25.0 Å². The summed E-state index contributed by atoms with van der Waals surface area (Å²) in [5.74, 6) is -0.289. The average molecular weight is 250 g/mol. The second-order valence-corrected chi connectivity index (χ2v) is 4.01. The first kappa shape index (κ1) is 14.0. The van der Waals surface area contributed by atoms with Crippen LogP contribution in [0.3, 0.4) is 0 Å². The van der Waals surface area contributed by atoms with E-state index in [1.54, 1.807) is 6.20 Å². The number of primary amides is 1. The Balaban J connectivity index is 2.59. The van der Waals surface area contributed by atoms with Crippen LogP contribution in [0.4, 0.5) is 4.79 Å². The zero-order chi connectivity index (χ0) is 13.5. The molecule has 1 heterocycles. The molecular weight excluding hydrogens is 232 g/mol. The van der Waals surface area contributed by atoms with Crippen molar-refractivity contribution in [1.29, 1.82) is 0 Å². The number of aryl methyl sites for hydroxylation is 1. The van der Waals surface area contributed by atoms with Crippen LogP contribution in [-0.2, 0) is 4.79 Å². The number of urea groups is 1. The molecular formula is C12H18N4O2. The lowest BCUT2D eigenvalue weighted by Gasteiger charge is -2.16. The lowest BCUT2D eigenvalue weighted by Crippen LogP contribution is -2.40. The number of rotatable bonds is 5. The van der Waals surface area contributed by atoms with Gasteiger partial charge in [0.05, 0.1) is 18.3 Å². The fourth-order valence-corrected chi connectivity index (χ4v) is 1.48. The molecule has 0 radical (unpaired) electrons. The van der Waals surface area contributed by atoms with Gasteiger partial charge < -0.3 is 16.4 Å². The molecule has 98 valence electrons. The van der Waals surface area contributed by atoms with Gasteiger partial charge in [-0.2, -0.15) is 0 Å². The number of aromatic nitrogens is 1. The summed E-state index contributed by atoms with van der Waals surface area (Å²) in [6.07, 6.45) is 2.48. The molecule has 6 nitrogen and oxygen atoms in total. The minimum atomic E-state index is -0.716. The van der Waals surface area contributed by atoms with Gasteiger partial charge in [-0.1, -0.05) is 13.0 Å². The molecule has 0 aliphatic rings. The Morgan fingerprint density at radius 3 is 2.67 bits per heavy atom. The Morgan fingerprint density at radius 1 is 1.44 bits per heavy atom. The SMILES string of the molecule is CCC(NC(=O)CNC(N)=O)c1ccc(C)cn1. The topological polar surface area (TPSA) is 97.1 Å². The van der Waals surface area contributed by atoms with Crippen LogP contribution in [0.2, 0.25) is 0 Å². The quantitative estimate of drug-likeness (QED) is 0.714. The van der Waals surface area contributed by atoms with Crippen LogP contribution >= 0.6 is 0 Å². The molecule has 18 heavy (non-hydrogen) atoms. The smallest absolute Gasteiger partial charge is 0.312 e. The summed E-state index contributed by atoms with van der Waals surface area (Å²) < 4.78 is 0. The number of nitrogens with one attached hydrogen (secondary N) is 2. The third-order valence-electron chi connectivity index (χ3n) is 2.46. The maximum Gasteiger partial charge on any atom is 0.312 e. The van der Waals surface area contributed by atoms with E-state index < -0.39 is 6.03 Å². The van der Waals surface area contributed by atoms with Crippen molar-refractivity contribution in [3.05, 3.63) is 29.6 Å². The zero-order valence-electron chi connectivity index (χ0n) is 10.6. The molecule has 1 aromatic heterocycles. The lowest BCUT2D eigenvalue weighted by molar-refractivity contribution is -0.120. The number of hydrogen-bond acceptors (Lipinski definition) is 3. The number of hydrogen-bond donors (Lipinski definition) is 3. The van der Waals surface area contributed by atoms with Gasteiger partial charge in [-0.3, -0.25) is 9.78 Å². The molecule has 1 aromatic rings. The first-order valence-corrected chi connectivity index (χ1v) is 5.78. The molecule has 0 aromatic carbocycles. The van der Waals surface area contributed by atoms with E-state index in [0.29, 0.717) is 0 Å². The molecule has 0 bridgehead atoms. The van der Waals surface area contributed by atoms with Crippen LogP contribution in [0.1, 0.15) is 30.6 Å². The normalized spacial score (nSPS) is 11.7. The Hall–Kier alpha value is -2.11. The van der Waals surface area contributed by atoms with Gasteiger partial charge in [-0.25, -0.2) is 4.79 Å². The summed E-state index contributed by atoms with van der Waals surface area (Å²) in [5.41, 5.74) is 6.76. The highest BCUT2D eigenvalue weighted by Crippen LogP contribution is 2.13. The van der Waals surface area contributed by atoms with Crippen molar-refractivity contribution in [2.45, 2.75) is 26.3 Å². The summed E-state index contributed by atoms with van der Waals surface area (Å²) in [6.45, 7) is 3.78. The monoisotopic (exact) mass is 250 g/mol.